The molecule has 144 valence electrons. The van der Waals surface area contributed by atoms with Gasteiger partial charge in [-0.05, 0) is 43.2 Å². The van der Waals surface area contributed by atoms with Crippen LogP contribution in [-0.4, -0.2) is 42.9 Å². The average Bonchev–Trinajstić information content (AvgIpc) is 2.71. The molecule has 2 aliphatic rings. The number of amides is 2. The molecule has 1 fully saturated rings. The van der Waals surface area contributed by atoms with E-state index in [1.54, 1.807) is 0 Å². The first-order valence-electron chi connectivity index (χ1n) is 9.43. The van der Waals surface area contributed by atoms with Crippen LogP contribution in [0.2, 0.25) is 0 Å². The number of rotatable bonds is 2. The van der Waals surface area contributed by atoms with Gasteiger partial charge in [0, 0.05) is 42.8 Å². The third-order valence-corrected chi connectivity index (χ3v) is 6.44. The molecular weight excluding hydrogens is 370 g/mol. The lowest BCUT2D eigenvalue weighted by atomic mass is 10.1. The van der Waals surface area contributed by atoms with Gasteiger partial charge in [-0.2, -0.15) is 0 Å². The second kappa shape index (κ2) is 7.72. The van der Waals surface area contributed by atoms with Crippen molar-refractivity contribution in [2.24, 2.45) is 0 Å². The van der Waals surface area contributed by atoms with Crippen LogP contribution in [-0.2, 0) is 9.59 Å². The van der Waals surface area contributed by atoms with Crippen LogP contribution in [0.15, 0.2) is 58.3 Å². The maximum Gasteiger partial charge on any atom is 0.262 e. The number of anilines is 2. The van der Waals surface area contributed by atoms with Crippen molar-refractivity contribution in [2.75, 3.05) is 36.4 Å². The summed E-state index contributed by atoms with van der Waals surface area (Å²) in [7, 11) is 0. The number of carbonyl (C=O) groups excluding carboxylic acids is 2. The first kappa shape index (κ1) is 18.6. The van der Waals surface area contributed by atoms with Gasteiger partial charge < -0.3 is 15.1 Å². The quantitative estimate of drug-likeness (QED) is 0.793. The first-order chi connectivity index (χ1) is 13.5. The van der Waals surface area contributed by atoms with E-state index in [2.05, 4.69) is 42.3 Å². The van der Waals surface area contributed by atoms with E-state index >= 15 is 0 Å². The van der Waals surface area contributed by atoms with Crippen LogP contribution < -0.4 is 10.2 Å². The van der Waals surface area contributed by atoms with E-state index in [-0.39, 0.29) is 11.8 Å². The van der Waals surface area contributed by atoms with Crippen molar-refractivity contribution >= 4 is 35.0 Å². The molecule has 1 N–H and O–H groups in total. The number of benzene rings is 2. The van der Waals surface area contributed by atoms with Gasteiger partial charge in [0.05, 0.1) is 10.6 Å². The Kier molecular flexibility index (Phi) is 5.13. The van der Waals surface area contributed by atoms with E-state index in [9.17, 15) is 9.59 Å². The molecule has 0 aliphatic carbocycles. The number of hydrogen-bond acceptors (Lipinski definition) is 4. The van der Waals surface area contributed by atoms with Gasteiger partial charge in [0.25, 0.3) is 5.91 Å². The molecule has 0 spiro atoms. The summed E-state index contributed by atoms with van der Waals surface area (Å²) in [6.07, 6.45) is 1.48. The van der Waals surface area contributed by atoms with Crippen molar-refractivity contribution in [1.29, 1.82) is 0 Å². The number of thioether (sulfide) groups is 1. The molecule has 28 heavy (non-hydrogen) atoms. The zero-order valence-corrected chi connectivity index (χ0v) is 16.9. The van der Waals surface area contributed by atoms with Crippen molar-refractivity contribution in [3.05, 3.63) is 64.6 Å². The normalized spacial score (nSPS) is 18.1. The maximum absolute atomic E-state index is 12.7. The molecule has 2 amide bonds. The van der Waals surface area contributed by atoms with Crippen molar-refractivity contribution in [1.82, 2.24) is 4.90 Å². The minimum absolute atomic E-state index is 0.0994. The molecule has 1 saturated heterocycles. The molecule has 0 aromatic heterocycles. The molecule has 0 radical (unpaired) electrons. The van der Waals surface area contributed by atoms with Crippen molar-refractivity contribution in [2.45, 2.75) is 18.7 Å². The van der Waals surface area contributed by atoms with E-state index in [0.717, 1.165) is 23.7 Å². The van der Waals surface area contributed by atoms with Crippen molar-refractivity contribution in [3.8, 4) is 0 Å². The predicted octanol–water partition coefficient (Wildman–Crippen LogP) is 3.58. The van der Waals surface area contributed by atoms with Gasteiger partial charge in [0.1, 0.15) is 0 Å². The molecular formula is C22H23N3O2S. The molecule has 2 aliphatic heterocycles. The standard InChI is InChI=1S/C22H23N3O2S/c1-15-6-5-8-18(16(15)2)24-10-12-25(13-11-24)21(26)14-20-22(27)23-17-7-3-4-9-19(17)28-20/h3-9,14H,10-13H2,1-2H3,(H,23,27)/b20-14-. The van der Waals surface area contributed by atoms with Crippen LogP contribution in [0.3, 0.4) is 0 Å². The third kappa shape index (κ3) is 3.64. The number of piperazine rings is 1. The number of hydrogen-bond donors (Lipinski definition) is 1. The molecule has 0 unspecified atom stereocenters. The van der Waals surface area contributed by atoms with Gasteiger partial charge in [-0.25, -0.2) is 0 Å². The van der Waals surface area contributed by atoms with E-state index < -0.39 is 0 Å². The molecule has 4 rings (SSSR count). The number of fused-ring (bicyclic) bond motifs is 1. The molecule has 0 atom stereocenters. The van der Waals surface area contributed by atoms with E-state index in [0.29, 0.717) is 18.0 Å². The first-order valence-corrected chi connectivity index (χ1v) is 10.2. The number of carbonyl (C=O) groups is 2. The molecule has 0 bridgehead atoms. The van der Waals surface area contributed by atoms with Crippen LogP contribution in [0.1, 0.15) is 11.1 Å². The van der Waals surface area contributed by atoms with Crippen LogP contribution in [0.5, 0.6) is 0 Å². The Morgan fingerprint density at radius 3 is 2.57 bits per heavy atom. The topological polar surface area (TPSA) is 52.6 Å². The Bertz CT molecular complexity index is 962. The Labute approximate surface area is 169 Å². The van der Waals surface area contributed by atoms with Gasteiger partial charge in [-0.1, -0.05) is 36.0 Å². The van der Waals surface area contributed by atoms with E-state index in [1.165, 1.54) is 34.7 Å². The fraction of sp³-hybridized carbons (Fsp3) is 0.273. The second-order valence-corrected chi connectivity index (χ2v) is 8.18. The SMILES string of the molecule is Cc1cccc(N2CCN(C(=O)/C=C3\Sc4ccccc4NC3=O)CC2)c1C. The summed E-state index contributed by atoms with van der Waals surface area (Å²) in [4.78, 5) is 30.6. The third-order valence-electron chi connectivity index (χ3n) is 5.34. The van der Waals surface area contributed by atoms with Crippen molar-refractivity contribution in [3.63, 3.8) is 0 Å². The minimum Gasteiger partial charge on any atom is -0.368 e. The summed E-state index contributed by atoms with van der Waals surface area (Å²) >= 11 is 1.35. The minimum atomic E-state index is -0.217. The maximum atomic E-state index is 12.7. The summed E-state index contributed by atoms with van der Waals surface area (Å²) in [6, 6.07) is 14.0. The number of aryl methyl sites for hydroxylation is 1. The zero-order valence-electron chi connectivity index (χ0n) is 16.1. The van der Waals surface area contributed by atoms with Gasteiger partial charge in [-0.3, -0.25) is 9.59 Å². The van der Waals surface area contributed by atoms with Gasteiger partial charge >= 0.3 is 0 Å². The van der Waals surface area contributed by atoms with Crippen LogP contribution >= 0.6 is 11.8 Å². The summed E-state index contributed by atoms with van der Waals surface area (Å²) < 4.78 is 0. The lowest BCUT2D eigenvalue weighted by molar-refractivity contribution is -0.126. The average molecular weight is 394 g/mol. The fourth-order valence-electron chi connectivity index (χ4n) is 3.55. The summed E-state index contributed by atoms with van der Waals surface area (Å²) in [6.45, 7) is 7.15. The second-order valence-electron chi connectivity index (χ2n) is 7.09. The van der Waals surface area contributed by atoms with Gasteiger partial charge in [-0.15, -0.1) is 0 Å². The molecule has 2 aromatic carbocycles. The van der Waals surface area contributed by atoms with Crippen LogP contribution in [0, 0.1) is 13.8 Å². The predicted molar refractivity (Wildman–Crippen MR) is 114 cm³/mol. The smallest absolute Gasteiger partial charge is 0.262 e. The van der Waals surface area contributed by atoms with Gasteiger partial charge in [0.2, 0.25) is 5.91 Å². The molecule has 2 aromatic rings. The monoisotopic (exact) mass is 393 g/mol. The molecule has 0 saturated carbocycles. The number of nitrogens with zero attached hydrogens (tertiary/aromatic N) is 2. The van der Waals surface area contributed by atoms with E-state index in [4.69, 9.17) is 0 Å². The summed E-state index contributed by atoms with van der Waals surface area (Å²) in [5.74, 6) is -0.316. The highest BCUT2D eigenvalue weighted by atomic mass is 32.2. The molecule has 5 nitrogen and oxygen atoms in total. The molecule has 6 heteroatoms. The highest BCUT2D eigenvalue weighted by molar-refractivity contribution is 8.04. The van der Waals surface area contributed by atoms with Crippen LogP contribution in [0.4, 0.5) is 11.4 Å². The Hall–Kier alpha value is -2.73. The molecule has 2 heterocycles. The summed E-state index contributed by atoms with van der Waals surface area (Å²) in [5, 5.41) is 2.85. The Balaban J connectivity index is 1.42. The highest BCUT2D eigenvalue weighted by Gasteiger charge is 2.25. The largest absolute Gasteiger partial charge is 0.368 e. The van der Waals surface area contributed by atoms with Crippen LogP contribution in [0.25, 0.3) is 0 Å². The lowest BCUT2D eigenvalue weighted by Crippen LogP contribution is -2.48. The zero-order chi connectivity index (χ0) is 19.7. The number of nitrogens with one attached hydrogen (secondary N) is 1. The van der Waals surface area contributed by atoms with E-state index in [1.807, 2.05) is 29.2 Å². The fourth-order valence-corrected chi connectivity index (χ4v) is 4.47. The highest BCUT2D eigenvalue weighted by Crippen LogP contribution is 2.37. The van der Waals surface area contributed by atoms with Crippen molar-refractivity contribution < 1.29 is 9.59 Å². The Morgan fingerprint density at radius 2 is 1.79 bits per heavy atom. The van der Waals surface area contributed by atoms with Gasteiger partial charge in [0.15, 0.2) is 0 Å². The summed E-state index contributed by atoms with van der Waals surface area (Å²) in [5.41, 5.74) is 4.60. The Morgan fingerprint density at radius 1 is 1.04 bits per heavy atom. The lowest BCUT2D eigenvalue weighted by Gasteiger charge is -2.36. The number of para-hydroxylation sites is 1.